The van der Waals surface area contributed by atoms with Crippen molar-refractivity contribution in [3.05, 3.63) is 87.2 Å². The summed E-state index contributed by atoms with van der Waals surface area (Å²) in [6.45, 7) is 2.04. The first-order valence-corrected chi connectivity index (χ1v) is 10.9. The SMILES string of the molecule is Cc1cccc([C@@H](Cc2cc(N(C)C)nc(C3CC3)n2)NC(=O)c2ccc(=O)n(C)c2)c1. The van der Waals surface area contributed by atoms with Crippen LogP contribution in [0.1, 0.15) is 57.8 Å². The van der Waals surface area contributed by atoms with Crippen molar-refractivity contribution in [3.8, 4) is 0 Å². The first kappa shape index (κ1) is 21.7. The molecule has 1 atom stereocenters. The van der Waals surface area contributed by atoms with E-state index in [0.29, 0.717) is 17.9 Å². The van der Waals surface area contributed by atoms with Gasteiger partial charge < -0.3 is 14.8 Å². The van der Waals surface area contributed by atoms with Gasteiger partial charge in [-0.25, -0.2) is 9.97 Å². The van der Waals surface area contributed by atoms with Gasteiger partial charge in [-0.3, -0.25) is 9.59 Å². The molecule has 32 heavy (non-hydrogen) atoms. The summed E-state index contributed by atoms with van der Waals surface area (Å²) >= 11 is 0. The number of benzene rings is 1. The Balaban J connectivity index is 1.66. The molecule has 0 spiro atoms. The lowest BCUT2D eigenvalue weighted by molar-refractivity contribution is 0.0935. The Bertz CT molecular complexity index is 1180. The molecule has 1 fully saturated rings. The zero-order valence-electron chi connectivity index (χ0n) is 19.0. The molecule has 7 heteroatoms. The molecule has 0 aliphatic heterocycles. The molecule has 1 aliphatic rings. The Hall–Kier alpha value is -3.48. The Morgan fingerprint density at radius 2 is 1.97 bits per heavy atom. The van der Waals surface area contributed by atoms with E-state index < -0.39 is 0 Å². The summed E-state index contributed by atoms with van der Waals surface area (Å²) in [4.78, 5) is 36.3. The monoisotopic (exact) mass is 431 g/mol. The maximum absolute atomic E-state index is 13.1. The predicted octanol–water partition coefficient (Wildman–Crippen LogP) is 3.14. The summed E-state index contributed by atoms with van der Waals surface area (Å²) in [5.41, 5.74) is 3.33. The van der Waals surface area contributed by atoms with Crippen LogP contribution >= 0.6 is 0 Å². The van der Waals surface area contributed by atoms with E-state index in [1.165, 1.54) is 10.6 Å². The third-order valence-electron chi connectivity index (χ3n) is 5.69. The highest BCUT2D eigenvalue weighted by molar-refractivity contribution is 5.94. The van der Waals surface area contributed by atoms with E-state index in [9.17, 15) is 9.59 Å². The second-order valence-corrected chi connectivity index (χ2v) is 8.76. The highest BCUT2D eigenvalue weighted by Gasteiger charge is 2.28. The van der Waals surface area contributed by atoms with Crippen molar-refractivity contribution >= 4 is 11.7 Å². The second-order valence-electron chi connectivity index (χ2n) is 8.76. The van der Waals surface area contributed by atoms with Gasteiger partial charge in [-0.1, -0.05) is 29.8 Å². The Morgan fingerprint density at radius 3 is 2.62 bits per heavy atom. The number of nitrogens with one attached hydrogen (secondary N) is 1. The minimum Gasteiger partial charge on any atom is -0.363 e. The average molecular weight is 432 g/mol. The first-order chi connectivity index (χ1) is 15.3. The number of aryl methyl sites for hydroxylation is 2. The lowest BCUT2D eigenvalue weighted by Gasteiger charge is -2.21. The molecule has 1 N–H and O–H groups in total. The number of carbonyl (C=O) groups is 1. The van der Waals surface area contributed by atoms with Crippen molar-refractivity contribution in [2.24, 2.45) is 7.05 Å². The second kappa shape index (κ2) is 8.94. The molecule has 7 nitrogen and oxygen atoms in total. The summed E-state index contributed by atoms with van der Waals surface area (Å²) in [6, 6.07) is 12.8. The lowest BCUT2D eigenvalue weighted by Crippen LogP contribution is -2.31. The quantitative estimate of drug-likeness (QED) is 0.622. The fraction of sp³-hybridized carbons (Fsp3) is 0.360. The molecule has 0 unspecified atom stereocenters. The van der Waals surface area contributed by atoms with Crippen molar-refractivity contribution in [3.63, 3.8) is 0 Å². The van der Waals surface area contributed by atoms with Gasteiger partial charge in [-0.15, -0.1) is 0 Å². The predicted molar refractivity (Wildman–Crippen MR) is 125 cm³/mol. The number of aromatic nitrogens is 3. The Labute approximate surface area is 188 Å². The van der Waals surface area contributed by atoms with Crippen LogP contribution in [0.25, 0.3) is 0 Å². The summed E-state index contributed by atoms with van der Waals surface area (Å²) in [5, 5.41) is 3.16. The number of carbonyl (C=O) groups excluding carboxylic acids is 1. The number of hydrogen-bond donors (Lipinski definition) is 1. The van der Waals surface area contributed by atoms with E-state index in [1.807, 2.05) is 50.2 Å². The maximum atomic E-state index is 13.1. The molecule has 0 saturated heterocycles. The normalized spacial score (nSPS) is 14.1. The minimum atomic E-state index is -0.267. The number of anilines is 1. The number of hydrogen-bond acceptors (Lipinski definition) is 5. The van der Waals surface area contributed by atoms with E-state index in [-0.39, 0.29) is 17.5 Å². The van der Waals surface area contributed by atoms with E-state index in [4.69, 9.17) is 9.97 Å². The molecule has 1 aliphatic carbocycles. The molecule has 1 aromatic carbocycles. The fourth-order valence-corrected chi connectivity index (χ4v) is 3.68. The molecule has 2 aromatic heterocycles. The van der Waals surface area contributed by atoms with Gasteiger partial charge in [0.05, 0.1) is 11.6 Å². The average Bonchev–Trinajstić information content (AvgIpc) is 3.60. The van der Waals surface area contributed by atoms with Gasteiger partial charge in [-0.05, 0) is 31.4 Å². The standard InChI is InChI=1S/C25H29N5O2/c1-16-6-5-7-18(12-16)21(27-25(32)19-10-11-23(31)30(4)15-19)13-20-14-22(29(2)3)28-24(26-20)17-8-9-17/h5-7,10-12,14-15,17,21H,8-9,13H2,1-4H3,(H,27,32)/t21-/m1/s1. The summed E-state index contributed by atoms with van der Waals surface area (Å²) in [5.74, 6) is 1.98. The van der Waals surface area contributed by atoms with Gasteiger partial charge in [0.25, 0.3) is 5.91 Å². The molecule has 0 radical (unpaired) electrons. The van der Waals surface area contributed by atoms with Crippen molar-refractivity contribution in [1.82, 2.24) is 19.9 Å². The van der Waals surface area contributed by atoms with Crippen LogP contribution < -0.4 is 15.8 Å². The van der Waals surface area contributed by atoms with Crippen molar-refractivity contribution in [2.45, 2.75) is 38.1 Å². The molecule has 1 saturated carbocycles. The molecule has 2 heterocycles. The van der Waals surface area contributed by atoms with Gasteiger partial charge in [0.1, 0.15) is 11.6 Å². The molecule has 3 aromatic rings. The largest absolute Gasteiger partial charge is 0.363 e. The molecule has 166 valence electrons. The number of amides is 1. The zero-order chi connectivity index (χ0) is 22.8. The smallest absolute Gasteiger partial charge is 0.253 e. The minimum absolute atomic E-state index is 0.151. The van der Waals surface area contributed by atoms with Crippen molar-refractivity contribution in [2.75, 3.05) is 19.0 Å². The third-order valence-corrected chi connectivity index (χ3v) is 5.69. The van der Waals surface area contributed by atoms with Crippen molar-refractivity contribution in [1.29, 1.82) is 0 Å². The highest BCUT2D eigenvalue weighted by Crippen LogP contribution is 2.38. The molecule has 0 bridgehead atoms. The molecule has 1 amide bonds. The lowest BCUT2D eigenvalue weighted by atomic mass is 9.99. The number of rotatable bonds is 7. The van der Waals surface area contributed by atoms with Crippen LogP contribution in [0.2, 0.25) is 0 Å². The van der Waals surface area contributed by atoms with Crippen LogP contribution in [0.15, 0.2) is 53.5 Å². The summed E-state index contributed by atoms with van der Waals surface area (Å²) < 4.78 is 1.41. The van der Waals surface area contributed by atoms with Gasteiger partial charge in [-0.2, -0.15) is 0 Å². The number of nitrogens with zero attached hydrogens (tertiary/aromatic N) is 4. The van der Waals surface area contributed by atoms with Crippen LogP contribution in [0.3, 0.4) is 0 Å². The van der Waals surface area contributed by atoms with Crippen LogP contribution in [-0.2, 0) is 13.5 Å². The molecular weight excluding hydrogens is 402 g/mol. The Kier molecular flexibility index (Phi) is 6.08. The molecule has 4 rings (SSSR count). The van der Waals surface area contributed by atoms with Gasteiger partial charge in [0.2, 0.25) is 5.56 Å². The zero-order valence-corrected chi connectivity index (χ0v) is 19.0. The Morgan fingerprint density at radius 1 is 1.19 bits per heavy atom. The van der Waals surface area contributed by atoms with Gasteiger partial charge in [0.15, 0.2) is 0 Å². The van der Waals surface area contributed by atoms with E-state index in [1.54, 1.807) is 19.3 Å². The topological polar surface area (TPSA) is 80.1 Å². The van der Waals surface area contributed by atoms with Crippen molar-refractivity contribution < 1.29 is 4.79 Å². The van der Waals surface area contributed by atoms with Crippen LogP contribution in [0, 0.1) is 6.92 Å². The number of pyridine rings is 1. The first-order valence-electron chi connectivity index (χ1n) is 10.9. The van der Waals surface area contributed by atoms with E-state index in [2.05, 4.69) is 11.4 Å². The highest BCUT2D eigenvalue weighted by atomic mass is 16.2. The third kappa shape index (κ3) is 5.04. The van der Waals surface area contributed by atoms with E-state index >= 15 is 0 Å². The molecular formula is C25H29N5O2. The van der Waals surface area contributed by atoms with Crippen LogP contribution in [-0.4, -0.2) is 34.5 Å². The summed E-state index contributed by atoms with van der Waals surface area (Å²) in [7, 11) is 5.59. The van der Waals surface area contributed by atoms with Gasteiger partial charge >= 0.3 is 0 Å². The maximum Gasteiger partial charge on any atom is 0.253 e. The van der Waals surface area contributed by atoms with E-state index in [0.717, 1.165) is 41.3 Å². The van der Waals surface area contributed by atoms with Gasteiger partial charge in [0, 0.05) is 57.5 Å². The summed E-state index contributed by atoms with van der Waals surface area (Å²) in [6.07, 6.45) is 4.36. The van der Waals surface area contributed by atoms with Crippen LogP contribution in [0.4, 0.5) is 5.82 Å². The van der Waals surface area contributed by atoms with Crippen LogP contribution in [0.5, 0.6) is 0 Å². The fourth-order valence-electron chi connectivity index (χ4n) is 3.68.